The first-order chi connectivity index (χ1) is 14.2. The first kappa shape index (κ1) is 23.7. The molecule has 1 atom stereocenters. The van der Waals surface area contributed by atoms with E-state index in [1.807, 2.05) is 30.3 Å². The molecule has 1 aliphatic carbocycles. The zero-order valence-electron chi connectivity index (χ0n) is 18.1. The number of ether oxygens (including phenoxy) is 3. The molecule has 30 heavy (non-hydrogen) atoms. The highest BCUT2D eigenvalue weighted by molar-refractivity contribution is 5.86. The molecule has 1 fully saturated rings. The SMILES string of the molecule is CC(C)(C)OC(=O)NC(CC(=O)OC1CCCCCC1)C(=O)OCc1ccccc1. The number of carbonyl (C=O) groups is 3. The van der Waals surface area contributed by atoms with Gasteiger partial charge in [0.25, 0.3) is 0 Å². The van der Waals surface area contributed by atoms with E-state index < -0.39 is 29.7 Å². The van der Waals surface area contributed by atoms with Crippen molar-refractivity contribution in [3.63, 3.8) is 0 Å². The van der Waals surface area contributed by atoms with Gasteiger partial charge in [-0.25, -0.2) is 9.59 Å². The number of hydrogen-bond acceptors (Lipinski definition) is 6. The van der Waals surface area contributed by atoms with Crippen LogP contribution in [0, 0.1) is 0 Å². The smallest absolute Gasteiger partial charge is 0.408 e. The lowest BCUT2D eigenvalue weighted by Crippen LogP contribution is -2.45. The van der Waals surface area contributed by atoms with Crippen LogP contribution in [0.15, 0.2) is 30.3 Å². The quantitative estimate of drug-likeness (QED) is 0.403. The van der Waals surface area contributed by atoms with Gasteiger partial charge in [-0.3, -0.25) is 4.79 Å². The van der Waals surface area contributed by atoms with Crippen LogP contribution in [0.5, 0.6) is 0 Å². The highest BCUT2D eigenvalue weighted by Crippen LogP contribution is 2.20. The van der Waals surface area contributed by atoms with Gasteiger partial charge < -0.3 is 19.5 Å². The van der Waals surface area contributed by atoms with E-state index in [1.165, 1.54) is 0 Å². The summed E-state index contributed by atoms with van der Waals surface area (Å²) in [5.74, 6) is -1.23. The molecule has 0 radical (unpaired) electrons. The molecule has 2 rings (SSSR count). The average Bonchev–Trinajstić information content (AvgIpc) is 2.93. The molecule has 0 aliphatic heterocycles. The molecule has 1 aliphatic rings. The largest absolute Gasteiger partial charge is 0.462 e. The molecule has 1 unspecified atom stereocenters. The van der Waals surface area contributed by atoms with Crippen molar-refractivity contribution in [2.45, 2.75) is 90.1 Å². The summed E-state index contributed by atoms with van der Waals surface area (Å²) in [6, 6.07) is 8.00. The molecular weight excluding hydrogens is 386 g/mol. The Kier molecular flexibility index (Phi) is 9.15. The van der Waals surface area contributed by atoms with E-state index >= 15 is 0 Å². The molecule has 0 bridgehead atoms. The zero-order chi connectivity index (χ0) is 22.0. The van der Waals surface area contributed by atoms with Crippen molar-refractivity contribution >= 4 is 18.0 Å². The Morgan fingerprint density at radius 2 is 1.67 bits per heavy atom. The van der Waals surface area contributed by atoms with E-state index in [0.717, 1.165) is 44.1 Å². The monoisotopic (exact) mass is 419 g/mol. The normalized spacial score (nSPS) is 16.1. The molecule has 0 heterocycles. The van der Waals surface area contributed by atoms with Gasteiger partial charge in [-0.15, -0.1) is 0 Å². The Morgan fingerprint density at radius 3 is 2.27 bits per heavy atom. The second-order valence-electron chi connectivity index (χ2n) is 8.60. The minimum absolute atomic E-state index is 0.0455. The van der Waals surface area contributed by atoms with Gasteiger partial charge in [-0.1, -0.05) is 43.2 Å². The van der Waals surface area contributed by atoms with Crippen molar-refractivity contribution in [1.29, 1.82) is 0 Å². The van der Waals surface area contributed by atoms with E-state index in [0.29, 0.717) is 0 Å². The number of alkyl carbamates (subject to hydrolysis) is 1. The number of esters is 2. The van der Waals surface area contributed by atoms with E-state index in [-0.39, 0.29) is 19.1 Å². The van der Waals surface area contributed by atoms with Crippen LogP contribution in [0.1, 0.15) is 71.3 Å². The predicted octanol–water partition coefficient (Wildman–Crippen LogP) is 4.28. The fourth-order valence-electron chi connectivity index (χ4n) is 3.23. The lowest BCUT2D eigenvalue weighted by Gasteiger charge is -2.23. The Labute approximate surface area is 178 Å². The minimum atomic E-state index is -1.18. The van der Waals surface area contributed by atoms with Crippen LogP contribution < -0.4 is 5.32 Å². The van der Waals surface area contributed by atoms with Gasteiger partial charge >= 0.3 is 18.0 Å². The summed E-state index contributed by atoms with van der Waals surface area (Å²) in [6.07, 6.45) is 4.76. The fraction of sp³-hybridized carbons (Fsp3) is 0.609. The Morgan fingerprint density at radius 1 is 1.03 bits per heavy atom. The number of carbonyl (C=O) groups excluding carboxylic acids is 3. The van der Waals surface area contributed by atoms with Gasteiger partial charge in [0.2, 0.25) is 0 Å². The number of hydrogen-bond donors (Lipinski definition) is 1. The second-order valence-corrected chi connectivity index (χ2v) is 8.60. The second kappa shape index (κ2) is 11.6. The molecule has 7 heteroatoms. The predicted molar refractivity (Wildman–Crippen MR) is 112 cm³/mol. The maximum atomic E-state index is 12.6. The third kappa shape index (κ3) is 9.29. The van der Waals surface area contributed by atoms with Gasteiger partial charge in [0, 0.05) is 0 Å². The van der Waals surface area contributed by atoms with Crippen molar-refractivity contribution in [3.8, 4) is 0 Å². The molecule has 1 saturated carbocycles. The molecule has 0 spiro atoms. The average molecular weight is 420 g/mol. The van der Waals surface area contributed by atoms with Crippen LogP contribution in [0.4, 0.5) is 4.79 Å². The molecular formula is C23H33NO6. The van der Waals surface area contributed by atoms with Crippen molar-refractivity contribution in [3.05, 3.63) is 35.9 Å². The van der Waals surface area contributed by atoms with Crippen LogP contribution >= 0.6 is 0 Å². The van der Waals surface area contributed by atoms with E-state index in [2.05, 4.69) is 5.32 Å². The summed E-state index contributed by atoms with van der Waals surface area (Å²) in [6.45, 7) is 5.20. The highest BCUT2D eigenvalue weighted by atomic mass is 16.6. The molecule has 1 aromatic rings. The molecule has 1 aromatic carbocycles. The van der Waals surface area contributed by atoms with E-state index in [1.54, 1.807) is 20.8 Å². The molecule has 166 valence electrons. The first-order valence-electron chi connectivity index (χ1n) is 10.6. The molecule has 1 N–H and O–H groups in total. The maximum Gasteiger partial charge on any atom is 0.408 e. The van der Waals surface area contributed by atoms with Crippen molar-refractivity contribution < 1.29 is 28.6 Å². The number of benzene rings is 1. The summed E-state index contributed by atoms with van der Waals surface area (Å²) in [4.78, 5) is 37.2. The Bertz CT molecular complexity index is 689. The minimum Gasteiger partial charge on any atom is -0.462 e. The molecule has 0 saturated heterocycles. The molecule has 7 nitrogen and oxygen atoms in total. The maximum absolute atomic E-state index is 12.6. The fourth-order valence-corrected chi connectivity index (χ4v) is 3.23. The Hall–Kier alpha value is -2.57. The summed E-state index contributed by atoms with van der Waals surface area (Å²) >= 11 is 0. The van der Waals surface area contributed by atoms with Gasteiger partial charge in [-0.2, -0.15) is 0 Å². The third-order valence-electron chi connectivity index (χ3n) is 4.67. The van der Waals surface area contributed by atoms with Crippen molar-refractivity contribution in [2.24, 2.45) is 0 Å². The summed E-state index contributed by atoms with van der Waals surface area (Å²) in [5.41, 5.74) is 0.0755. The van der Waals surface area contributed by atoms with E-state index in [4.69, 9.17) is 14.2 Å². The summed E-state index contributed by atoms with van der Waals surface area (Å²) in [5, 5.41) is 2.45. The van der Waals surface area contributed by atoms with Crippen LogP contribution in [-0.4, -0.2) is 35.8 Å². The topological polar surface area (TPSA) is 90.9 Å². The summed E-state index contributed by atoms with van der Waals surface area (Å²) < 4.78 is 16.1. The third-order valence-corrected chi connectivity index (χ3v) is 4.67. The highest BCUT2D eigenvalue weighted by Gasteiger charge is 2.29. The Balaban J connectivity index is 1.96. The van der Waals surface area contributed by atoms with E-state index in [9.17, 15) is 14.4 Å². The van der Waals surface area contributed by atoms with Gasteiger partial charge in [0.1, 0.15) is 24.4 Å². The van der Waals surface area contributed by atoms with Gasteiger partial charge in [0.05, 0.1) is 6.42 Å². The lowest BCUT2D eigenvalue weighted by atomic mass is 10.1. The van der Waals surface area contributed by atoms with Crippen LogP contribution in [0.25, 0.3) is 0 Å². The standard InChI is InChI=1S/C23H33NO6/c1-23(2,3)30-22(27)24-19(21(26)28-16-17-11-7-6-8-12-17)15-20(25)29-18-13-9-4-5-10-14-18/h6-8,11-12,18-19H,4-5,9-10,13-16H2,1-3H3,(H,24,27). The van der Waals surface area contributed by atoms with Crippen LogP contribution in [0.3, 0.4) is 0 Å². The van der Waals surface area contributed by atoms with Gasteiger partial charge in [-0.05, 0) is 52.0 Å². The first-order valence-corrected chi connectivity index (χ1v) is 10.6. The molecule has 0 aromatic heterocycles. The summed E-state index contributed by atoms with van der Waals surface area (Å²) in [7, 11) is 0. The van der Waals surface area contributed by atoms with Crippen LogP contribution in [-0.2, 0) is 30.4 Å². The lowest BCUT2D eigenvalue weighted by molar-refractivity contribution is -0.156. The number of rotatable bonds is 7. The van der Waals surface area contributed by atoms with Crippen molar-refractivity contribution in [2.75, 3.05) is 0 Å². The van der Waals surface area contributed by atoms with Gasteiger partial charge in [0.15, 0.2) is 0 Å². The number of nitrogens with one attached hydrogen (secondary N) is 1. The zero-order valence-corrected chi connectivity index (χ0v) is 18.1. The van der Waals surface area contributed by atoms with Crippen molar-refractivity contribution in [1.82, 2.24) is 5.32 Å². The number of amides is 1. The van der Waals surface area contributed by atoms with Crippen LogP contribution in [0.2, 0.25) is 0 Å². The molecule has 1 amide bonds.